The van der Waals surface area contributed by atoms with E-state index in [4.69, 9.17) is 10.6 Å². The van der Waals surface area contributed by atoms with Crippen molar-refractivity contribution in [2.45, 2.75) is 6.92 Å². The molecule has 3 N–H and O–H groups in total. The Balaban J connectivity index is 2.34. The van der Waals surface area contributed by atoms with E-state index in [0.29, 0.717) is 11.7 Å². The van der Waals surface area contributed by atoms with E-state index in [1.165, 1.54) is 0 Å². The highest BCUT2D eigenvalue weighted by Crippen LogP contribution is 2.23. The summed E-state index contributed by atoms with van der Waals surface area (Å²) in [5.74, 6) is 6.75. The molecule has 7 heteroatoms. The Labute approximate surface area is 111 Å². The maximum Gasteiger partial charge on any atom is 0.328 e. The molecular formula is C12H16N6O. The summed E-state index contributed by atoms with van der Waals surface area (Å²) < 4.78 is 5.66. The molecule has 0 amide bonds. The van der Waals surface area contributed by atoms with Crippen LogP contribution < -0.4 is 20.9 Å². The van der Waals surface area contributed by atoms with Gasteiger partial charge in [0.15, 0.2) is 0 Å². The van der Waals surface area contributed by atoms with Gasteiger partial charge in [0, 0.05) is 14.1 Å². The lowest BCUT2D eigenvalue weighted by Gasteiger charge is -2.13. The summed E-state index contributed by atoms with van der Waals surface area (Å²) >= 11 is 0. The van der Waals surface area contributed by atoms with Crippen molar-refractivity contribution in [1.29, 1.82) is 0 Å². The first-order valence-corrected chi connectivity index (χ1v) is 5.73. The zero-order valence-electron chi connectivity index (χ0n) is 11.1. The molecule has 2 rings (SSSR count). The van der Waals surface area contributed by atoms with E-state index in [-0.39, 0.29) is 12.0 Å². The molecule has 0 spiro atoms. The van der Waals surface area contributed by atoms with Crippen LogP contribution in [0.1, 0.15) is 5.56 Å². The number of anilines is 2. The van der Waals surface area contributed by atoms with E-state index in [1.807, 2.05) is 45.3 Å². The van der Waals surface area contributed by atoms with Gasteiger partial charge in [0.2, 0.25) is 11.9 Å². The number of nitrogens with two attached hydrogens (primary N) is 1. The molecule has 1 aromatic carbocycles. The molecule has 0 unspecified atom stereocenters. The maximum absolute atomic E-state index is 5.66. The lowest BCUT2D eigenvalue weighted by atomic mass is 10.2. The van der Waals surface area contributed by atoms with Gasteiger partial charge in [-0.1, -0.05) is 18.2 Å². The molecule has 0 bridgehead atoms. The molecule has 0 saturated carbocycles. The first kappa shape index (κ1) is 13.0. The molecule has 100 valence electrons. The fraction of sp³-hybridized carbons (Fsp3) is 0.250. The van der Waals surface area contributed by atoms with Gasteiger partial charge in [-0.2, -0.15) is 15.0 Å². The third kappa shape index (κ3) is 3.08. The van der Waals surface area contributed by atoms with Crippen molar-refractivity contribution < 1.29 is 4.74 Å². The van der Waals surface area contributed by atoms with Gasteiger partial charge in [0.1, 0.15) is 5.75 Å². The van der Waals surface area contributed by atoms with Crippen LogP contribution in [-0.2, 0) is 0 Å². The average molecular weight is 260 g/mol. The van der Waals surface area contributed by atoms with Crippen LogP contribution in [0.3, 0.4) is 0 Å². The number of ether oxygens (including phenoxy) is 1. The third-order valence-electron chi connectivity index (χ3n) is 2.43. The van der Waals surface area contributed by atoms with E-state index < -0.39 is 0 Å². The highest BCUT2D eigenvalue weighted by atomic mass is 16.5. The van der Waals surface area contributed by atoms with Gasteiger partial charge in [-0.15, -0.1) is 0 Å². The van der Waals surface area contributed by atoms with Crippen molar-refractivity contribution in [3.05, 3.63) is 29.8 Å². The molecule has 7 nitrogen and oxygen atoms in total. The molecule has 1 heterocycles. The second kappa shape index (κ2) is 5.49. The van der Waals surface area contributed by atoms with Gasteiger partial charge >= 0.3 is 6.01 Å². The summed E-state index contributed by atoms with van der Waals surface area (Å²) in [5, 5.41) is 0. The van der Waals surface area contributed by atoms with Crippen molar-refractivity contribution in [3.63, 3.8) is 0 Å². The van der Waals surface area contributed by atoms with Crippen molar-refractivity contribution in [3.8, 4) is 11.8 Å². The first-order chi connectivity index (χ1) is 9.10. The standard InChI is InChI=1S/C12H16N6O/c1-8-6-4-5-7-9(8)19-12-15-10(17-13)14-11(16-12)18(2)3/h4-7H,13H2,1-3H3,(H,14,15,16,17). The fourth-order valence-electron chi connectivity index (χ4n) is 1.43. The summed E-state index contributed by atoms with van der Waals surface area (Å²) in [6, 6.07) is 7.82. The maximum atomic E-state index is 5.66. The quantitative estimate of drug-likeness (QED) is 0.633. The Kier molecular flexibility index (Phi) is 3.76. The topological polar surface area (TPSA) is 89.2 Å². The largest absolute Gasteiger partial charge is 0.424 e. The van der Waals surface area contributed by atoms with Crippen LogP contribution in [0.5, 0.6) is 11.8 Å². The van der Waals surface area contributed by atoms with Gasteiger partial charge < -0.3 is 9.64 Å². The number of nitrogens with one attached hydrogen (secondary N) is 1. The minimum atomic E-state index is 0.195. The Bertz CT molecular complexity index is 572. The number of nitrogens with zero attached hydrogens (tertiary/aromatic N) is 4. The Hall–Kier alpha value is -2.41. The molecular weight excluding hydrogens is 244 g/mol. The summed E-state index contributed by atoms with van der Waals surface area (Å²) in [4.78, 5) is 14.1. The van der Waals surface area contributed by atoms with Gasteiger partial charge in [-0.3, -0.25) is 5.43 Å². The summed E-state index contributed by atoms with van der Waals surface area (Å²) in [7, 11) is 3.65. The number of rotatable bonds is 4. The molecule has 0 aliphatic rings. The van der Waals surface area contributed by atoms with E-state index in [1.54, 1.807) is 4.90 Å². The number of aryl methyl sites for hydroxylation is 1. The SMILES string of the molecule is Cc1ccccc1Oc1nc(NN)nc(N(C)C)n1. The molecule has 1 aromatic heterocycles. The number of hydrogen-bond acceptors (Lipinski definition) is 7. The van der Waals surface area contributed by atoms with Crippen LogP contribution in [0, 0.1) is 6.92 Å². The number of benzene rings is 1. The normalized spacial score (nSPS) is 10.1. The first-order valence-electron chi connectivity index (χ1n) is 5.73. The molecule has 0 aliphatic carbocycles. The molecule has 0 saturated heterocycles. The van der Waals surface area contributed by atoms with Gasteiger partial charge in [-0.25, -0.2) is 5.84 Å². The van der Waals surface area contributed by atoms with Crippen molar-refractivity contribution in [2.75, 3.05) is 24.4 Å². The van der Waals surface area contributed by atoms with Crippen molar-refractivity contribution in [2.24, 2.45) is 5.84 Å². The lowest BCUT2D eigenvalue weighted by Crippen LogP contribution is -2.17. The highest BCUT2D eigenvalue weighted by Gasteiger charge is 2.10. The minimum Gasteiger partial charge on any atom is -0.424 e. The predicted molar refractivity (Wildman–Crippen MR) is 73.2 cm³/mol. The summed E-state index contributed by atoms with van der Waals surface area (Å²) in [6.45, 7) is 1.95. The number of para-hydroxylation sites is 1. The van der Waals surface area contributed by atoms with Crippen molar-refractivity contribution in [1.82, 2.24) is 15.0 Å². The Morgan fingerprint density at radius 2 is 1.89 bits per heavy atom. The Morgan fingerprint density at radius 3 is 2.53 bits per heavy atom. The number of hydrogen-bond donors (Lipinski definition) is 2. The molecule has 2 aromatic rings. The zero-order chi connectivity index (χ0) is 13.8. The number of hydrazine groups is 1. The second-order valence-electron chi connectivity index (χ2n) is 4.15. The summed E-state index contributed by atoms with van der Waals surface area (Å²) in [6.07, 6.45) is 0. The number of aromatic nitrogens is 3. The van der Waals surface area contributed by atoms with Crippen LogP contribution in [0.4, 0.5) is 11.9 Å². The average Bonchev–Trinajstić information content (AvgIpc) is 2.41. The smallest absolute Gasteiger partial charge is 0.328 e. The summed E-state index contributed by atoms with van der Waals surface area (Å²) in [5.41, 5.74) is 3.39. The molecule has 0 radical (unpaired) electrons. The molecule has 0 fully saturated rings. The van der Waals surface area contributed by atoms with Gasteiger partial charge in [-0.05, 0) is 18.6 Å². The third-order valence-corrected chi connectivity index (χ3v) is 2.43. The molecule has 0 atom stereocenters. The van der Waals surface area contributed by atoms with E-state index in [0.717, 1.165) is 5.56 Å². The van der Waals surface area contributed by atoms with Crippen LogP contribution in [-0.4, -0.2) is 29.0 Å². The minimum absolute atomic E-state index is 0.195. The number of nitrogen functional groups attached to an aromatic ring is 1. The molecule has 19 heavy (non-hydrogen) atoms. The highest BCUT2D eigenvalue weighted by molar-refractivity contribution is 5.39. The van der Waals surface area contributed by atoms with Crippen LogP contribution in [0.2, 0.25) is 0 Å². The van der Waals surface area contributed by atoms with E-state index in [9.17, 15) is 0 Å². The van der Waals surface area contributed by atoms with Crippen LogP contribution in [0.15, 0.2) is 24.3 Å². The van der Waals surface area contributed by atoms with E-state index >= 15 is 0 Å². The fourth-order valence-corrected chi connectivity index (χ4v) is 1.43. The predicted octanol–water partition coefficient (Wildman–Crippen LogP) is 1.32. The van der Waals surface area contributed by atoms with Crippen molar-refractivity contribution >= 4 is 11.9 Å². The van der Waals surface area contributed by atoms with Gasteiger partial charge in [0.25, 0.3) is 0 Å². The zero-order valence-corrected chi connectivity index (χ0v) is 11.1. The Morgan fingerprint density at radius 1 is 1.16 bits per heavy atom. The second-order valence-corrected chi connectivity index (χ2v) is 4.15. The van der Waals surface area contributed by atoms with Crippen LogP contribution >= 0.6 is 0 Å². The lowest BCUT2D eigenvalue weighted by molar-refractivity contribution is 0.437. The van der Waals surface area contributed by atoms with Crippen LogP contribution in [0.25, 0.3) is 0 Å². The molecule has 0 aliphatic heterocycles. The monoisotopic (exact) mass is 260 g/mol. The van der Waals surface area contributed by atoms with Gasteiger partial charge in [0.05, 0.1) is 0 Å². The van der Waals surface area contributed by atoms with E-state index in [2.05, 4.69) is 20.4 Å².